The first kappa shape index (κ1) is 20.7. The van der Waals surface area contributed by atoms with E-state index >= 15 is 0 Å². The summed E-state index contributed by atoms with van der Waals surface area (Å²) in [7, 11) is 0. The quantitative estimate of drug-likeness (QED) is 0.410. The molecule has 0 aromatic heterocycles. The van der Waals surface area contributed by atoms with Crippen molar-refractivity contribution in [2.24, 2.45) is 4.99 Å². The molecule has 0 saturated carbocycles. The normalized spacial score (nSPS) is 21.9. The average Bonchev–Trinajstić information content (AvgIpc) is 3.11. The number of hydrogen-bond donors (Lipinski definition) is 1. The van der Waals surface area contributed by atoms with Crippen molar-refractivity contribution in [3.05, 3.63) is 34.9 Å². The van der Waals surface area contributed by atoms with E-state index in [9.17, 15) is 0 Å². The summed E-state index contributed by atoms with van der Waals surface area (Å²) in [5.74, 6) is 1.02. The lowest BCUT2D eigenvalue weighted by Gasteiger charge is -2.32. The van der Waals surface area contributed by atoms with Gasteiger partial charge in [0.15, 0.2) is 5.96 Å². The highest BCUT2D eigenvalue weighted by molar-refractivity contribution is 14.0. The summed E-state index contributed by atoms with van der Waals surface area (Å²) >= 11 is 5.95. The van der Waals surface area contributed by atoms with Crippen LogP contribution in [0.5, 0.6) is 0 Å². The van der Waals surface area contributed by atoms with Crippen LogP contribution in [0.2, 0.25) is 5.02 Å². The maximum absolute atomic E-state index is 5.95. The fourth-order valence-electron chi connectivity index (χ4n) is 3.36. The maximum atomic E-state index is 5.95. The Balaban J connectivity index is 0.00000225. The van der Waals surface area contributed by atoms with Gasteiger partial charge >= 0.3 is 0 Å². The molecule has 2 fully saturated rings. The Morgan fingerprint density at radius 1 is 1.24 bits per heavy atom. The number of rotatable bonds is 4. The standard InChI is InChI=1S/C18H27ClN4O.HI/c1-2-20-18(21-13-15-3-5-16(19)6-4-15)23-8-7-17(14-23)22-9-11-24-12-10-22;/h3-6,17H,2,7-14H2,1H3,(H,20,21);1H. The third kappa shape index (κ3) is 5.98. The van der Waals surface area contributed by atoms with Crippen LogP contribution in [0.3, 0.4) is 0 Å². The molecule has 0 spiro atoms. The zero-order chi connectivity index (χ0) is 16.8. The van der Waals surface area contributed by atoms with Gasteiger partial charge in [-0.3, -0.25) is 4.90 Å². The second kappa shape index (κ2) is 10.5. The summed E-state index contributed by atoms with van der Waals surface area (Å²) < 4.78 is 5.47. The molecule has 2 aliphatic rings. The van der Waals surface area contributed by atoms with Crippen LogP contribution in [0.25, 0.3) is 0 Å². The van der Waals surface area contributed by atoms with Crippen LogP contribution in [0.4, 0.5) is 0 Å². The van der Waals surface area contributed by atoms with Crippen LogP contribution in [0.1, 0.15) is 18.9 Å². The van der Waals surface area contributed by atoms with Crippen LogP contribution >= 0.6 is 35.6 Å². The lowest BCUT2D eigenvalue weighted by atomic mass is 10.2. The van der Waals surface area contributed by atoms with Crippen molar-refractivity contribution in [2.75, 3.05) is 45.9 Å². The van der Waals surface area contributed by atoms with Gasteiger partial charge in [0, 0.05) is 43.8 Å². The lowest BCUT2D eigenvalue weighted by Crippen LogP contribution is -2.46. The minimum absolute atomic E-state index is 0. The molecule has 0 aliphatic carbocycles. The van der Waals surface area contributed by atoms with Gasteiger partial charge in [0.05, 0.1) is 19.8 Å². The molecule has 1 unspecified atom stereocenters. The molecular weight excluding hydrogens is 451 g/mol. The van der Waals surface area contributed by atoms with E-state index in [0.717, 1.165) is 56.9 Å². The van der Waals surface area contributed by atoms with Crippen LogP contribution in [-0.2, 0) is 11.3 Å². The van der Waals surface area contributed by atoms with E-state index in [4.69, 9.17) is 21.3 Å². The molecule has 1 aromatic rings. The summed E-state index contributed by atoms with van der Waals surface area (Å²) in [6.07, 6.45) is 1.20. The molecule has 3 rings (SSSR count). The SMILES string of the molecule is CCNC(=NCc1ccc(Cl)cc1)N1CCC(N2CCOCC2)C1.I. The molecule has 25 heavy (non-hydrogen) atoms. The number of ether oxygens (including phenoxy) is 1. The van der Waals surface area contributed by atoms with Crippen LogP contribution in [0.15, 0.2) is 29.3 Å². The molecule has 0 radical (unpaired) electrons. The first-order chi connectivity index (χ1) is 11.8. The van der Waals surface area contributed by atoms with E-state index in [0.29, 0.717) is 12.6 Å². The molecule has 1 N–H and O–H groups in total. The molecular formula is C18H28ClIN4O. The second-order valence-corrected chi connectivity index (χ2v) is 6.77. The topological polar surface area (TPSA) is 40.1 Å². The van der Waals surface area contributed by atoms with Crippen molar-refractivity contribution in [3.8, 4) is 0 Å². The van der Waals surface area contributed by atoms with Crippen LogP contribution in [-0.4, -0.2) is 67.7 Å². The average molecular weight is 479 g/mol. The predicted octanol–water partition coefficient (Wildman–Crippen LogP) is 2.83. The van der Waals surface area contributed by atoms with E-state index in [1.165, 1.54) is 12.0 Å². The fraction of sp³-hybridized carbons (Fsp3) is 0.611. The van der Waals surface area contributed by atoms with Gasteiger partial charge in [-0.1, -0.05) is 23.7 Å². The highest BCUT2D eigenvalue weighted by Crippen LogP contribution is 2.17. The number of benzene rings is 1. The molecule has 7 heteroatoms. The summed E-state index contributed by atoms with van der Waals surface area (Å²) in [5.41, 5.74) is 1.18. The number of halogens is 2. The van der Waals surface area contributed by atoms with Gasteiger partial charge in [-0.15, -0.1) is 24.0 Å². The van der Waals surface area contributed by atoms with Gasteiger partial charge < -0.3 is 15.0 Å². The molecule has 1 aromatic carbocycles. The largest absolute Gasteiger partial charge is 0.379 e. The number of hydrogen-bond acceptors (Lipinski definition) is 3. The van der Waals surface area contributed by atoms with Gasteiger partial charge in [0.25, 0.3) is 0 Å². The summed E-state index contributed by atoms with van der Waals surface area (Å²) in [4.78, 5) is 9.77. The van der Waals surface area contributed by atoms with E-state index in [1.807, 2.05) is 24.3 Å². The number of nitrogens with one attached hydrogen (secondary N) is 1. The Bertz CT molecular complexity index is 549. The molecule has 2 saturated heterocycles. The Kier molecular flexibility index (Phi) is 8.75. The van der Waals surface area contributed by atoms with Crippen molar-refractivity contribution >= 4 is 41.5 Å². The second-order valence-electron chi connectivity index (χ2n) is 6.33. The zero-order valence-electron chi connectivity index (χ0n) is 14.8. The Morgan fingerprint density at radius 2 is 1.96 bits per heavy atom. The molecule has 0 bridgehead atoms. The Hall–Kier alpha value is -0.570. The minimum atomic E-state index is 0. The highest BCUT2D eigenvalue weighted by Gasteiger charge is 2.30. The zero-order valence-corrected chi connectivity index (χ0v) is 17.9. The van der Waals surface area contributed by atoms with Gasteiger partial charge in [-0.25, -0.2) is 4.99 Å². The van der Waals surface area contributed by atoms with Gasteiger partial charge in [0.1, 0.15) is 0 Å². The molecule has 2 aliphatic heterocycles. The predicted molar refractivity (Wildman–Crippen MR) is 114 cm³/mol. The lowest BCUT2D eigenvalue weighted by molar-refractivity contribution is 0.0195. The van der Waals surface area contributed by atoms with E-state index in [1.54, 1.807) is 0 Å². The number of aliphatic imine (C=N–C) groups is 1. The summed E-state index contributed by atoms with van der Waals surface area (Å²) in [6, 6.07) is 8.53. The molecule has 5 nitrogen and oxygen atoms in total. The monoisotopic (exact) mass is 478 g/mol. The van der Waals surface area contributed by atoms with E-state index < -0.39 is 0 Å². The fourth-order valence-corrected chi connectivity index (χ4v) is 3.48. The van der Waals surface area contributed by atoms with Gasteiger partial charge in [-0.2, -0.15) is 0 Å². The van der Waals surface area contributed by atoms with Crippen molar-refractivity contribution in [1.29, 1.82) is 0 Å². The smallest absolute Gasteiger partial charge is 0.194 e. The highest BCUT2D eigenvalue weighted by atomic mass is 127. The number of likely N-dealkylation sites (tertiary alicyclic amines) is 1. The summed E-state index contributed by atoms with van der Waals surface area (Å²) in [5, 5.41) is 4.20. The number of nitrogens with zero attached hydrogens (tertiary/aromatic N) is 3. The maximum Gasteiger partial charge on any atom is 0.194 e. The first-order valence-corrected chi connectivity index (χ1v) is 9.23. The number of morpholine rings is 1. The molecule has 0 amide bonds. The third-order valence-corrected chi connectivity index (χ3v) is 4.94. The Labute approximate surface area is 172 Å². The van der Waals surface area contributed by atoms with E-state index in [2.05, 4.69) is 22.0 Å². The van der Waals surface area contributed by atoms with Crippen LogP contribution in [0, 0.1) is 0 Å². The molecule has 140 valence electrons. The minimum Gasteiger partial charge on any atom is -0.379 e. The van der Waals surface area contributed by atoms with Crippen molar-refractivity contribution < 1.29 is 4.74 Å². The number of guanidine groups is 1. The van der Waals surface area contributed by atoms with Gasteiger partial charge in [0.2, 0.25) is 0 Å². The van der Waals surface area contributed by atoms with Crippen molar-refractivity contribution in [1.82, 2.24) is 15.1 Å². The third-order valence-electron chi connectivity index (χ3n) is 4.68. The van der Waals surface area contributed by atoms with Crippen molar-refractivity contribution in [2.45, 2.75) is 25.9 Å². The van der Waals surface area contributed by atoms with E-state index in [-0.39, 0.29) is 24.0 Å². The van der Waals surface area contributed by atoms with Gasteiger partial charge in [-0.05, 0) is 31.0 Å². The molecule has 2 heterocycles. The first-order valence-electron chi connectivity index (χ1n) is 8.85. The molecule has 1 atom stereocenters. The van der Waals surface area contributed by atoms with Crippen molar-refractivity contribution in [3.63, 3.8) is 0 Å². The Morgan fingerprint density at radius 3 is 2.64 bits per heavy atom. The van der Waals surface area contributed by atoms with Crippen LogP contribution < -0.4 is 5.32 Å². The summed E-state index contributed by atoms with van der Waals surface area (Å²) in [6.45, 7) is 9.63.